The summed E-state index contributed by atoms with van der Waals surface area (Å²) < 4.78 is 5.17. The third-order valence-electron chi connectivity index (χ3n) is 2.96. The van der Waals surface area contributed by atoms with E-state index in [1.165, 1.54) is 0 Å². The highest BCUT2D eigenvalue weighted by Crippen LogP contribution is 2.36. The maximum absolute atomic E-state index is 11.6. The Morgan fingerprint density at radius 3 is 2.62 bits per heavy atom. The van der Waals surface area contributed by atoms with Crippen molar-refractivity contribution >= 4 is 12.4 Å². The standard InChI is InChI=1S/C12H21NO3/c1-11(2,3)16-10(15)13-9-6-5-7-12(9,4)8-14/h8-9H,5-7H2,1-4H3,(H,13,15)/t9-,12-/m1/s1. The number of ether oxygens (including phenoxy) is 1. The number of carbonyl (C=O) groups is 2. The molecule has 1 fully saturated rings. The van der Waals surface area contributed by atoms with Crippen LogP contribution in [0.25, 0.3) is 0 Å². The van der Waals surface area contributed by atoms with Gasteiger partial charge in [-0.1, -0.05) is 13.3 Å². The van der Waals surface area contributed by atoms with Crippen LogP contribution >= 0.6 is 0 Å². The zero-order valence-electron chi connectivity index (χ0n) is 10.5. The highest BCUT2D eigenvalue weighted by Gasteiger charge is 2.40. The van der Waals surface area contributed by atoms with Crippen LogP contribution in [0.1, 0.15) is 47.0 Å². The molecule has 4 nitrogen and oxygen atoms in total. The van der Waals surface area contributed by atoms with Gasteiger partial charge in [-0.05, 0) is 33.6 Å². The van der Waals surface area contributed by atoms with Crippen molar-refractivity contribution < 1.29 is 14.3 Å². The third kappa shape index (κ3) is 3.22. The molecule has 0 saturated heterocycles. The fourth-order valence-corrected chi connectivity index (χ4v) is 2.02. The molecule has 0 aromatic carbocycles. The molecule has 1 saturated carbocycles. The number of alkyl carbamates (subject to hydrolysis) is 1. The van der Waals surface area contributed by atoms with Crippen molar-refractivity contribution in [3.8, 4) is 0 Å². The molecule has 0 unspecified atom stereocenters. The predicted octanol–water partition coefficient (Wildman–Crippen LogP) is 2.27. The summed E-state index contributed by atoms with van der Waals surface area (Å²) in [7, 11) is 0. The molecule has 0 radical (unpaired) electrons. The van der Waals surface area contributed by atoms with Crippen molar-refractivity contribution in [3.63, 3.8) is 0 Å². The Hall–Kier alpha value is -1.06. The lowest BCUT2D eigenvalue weighted by atomic mass is 9.87. The maximum Gasteiger partial charge on any atom is 0.407 e. The summed E-state index contributed by atoms with van der Waals surface area (Å²) in [5.41, 5.74) is -0.933. The van der Waals surface area contributed by atoms with E-state index < -0.39 is 17.1 Å². The van der Waals surface area contributed by atoms with Crippen LogP contribution in [-0.4, -0.2) is 24.0 Å². The van der Waals surface area contributed by atoms with Gasteiger partial charge in [0.1, 0.15) is 11.9 Å². The van der Waals surface area contributed by atoms with E-state index in [9.17, 15) is 9.59 Å². The summed E-state index contributed by atoms with van der Waals surface area (Å²) in [5, 5.41) is 2.78. The van der Waals surface area contributed by atoms with Crippen LogP contribution in [0.15, 0.2) is 0 Å². The minimum atomic E-state index is -0.500. The molecular formula is C12H21NO3. The second-order valence-electron chi connectivity index (χ2n) is 5.71. The average Bonchev–Trinajstić information content (AvgIpc) is 2.45. The van der Waals surface area contributed by atoms with Crippen LogP contribution in [0, 0.1) is 5.41 Å². The highest BCUT2D eigenvalue weighted by molar-refractivity contribution is 5.70. The Morgan fingerprint density at radius 1 is 1.50 bits per heavy atom. The van der Waals surface area contributed by atoms with E-state index in [1.54, 1.807) is 0 Å². The van der Waals surface area contributed by atoms with Gasteiger partial charge in [0.15, 0.2) is 0 Å². The van der Waals surface area contributed by atoms with E-state index in [1.807, 2.05) is 27.7 Å². The lowest BCUT2D eigenvalue weighted by Gasteiger charge is -2.28. The number of aldehydes is 1. The zero-order chi connectivity index (χ0) is 12.4. The van der Waals surface area contributed by atoms with Crippen molar-refractivity contribution in [1.29, 1.82) is 0 Å². The first-order valence-electron chi connectivity index (χ1n) is 5.73. The largest absolute Gasteiger partial charge is 0.444 e. The van der Waals surface area contributed by atoms with Crippen molar-refractivity contribution in [1.82, 2.24) is 5.32 Å². The second-order valence-corrected chi connectivity index (χ2v) is 5.71. The van der Waals surface area contributed by atoms with Gasteiger partial charge in [-0.2, -0.15) is 0 Å². The van der Waals surface area contributed by atoms with E-state index in [0.29, 0.717) is 0 Å². The van der Waals surface area contributed by atoms with E-state index in [4.69, 9.17) is 4.74 Å². The molecule has 0 aliphatic heterocycles. The first kappa shape index (κ1) is 13.0. The van der Waals surface area contributed by atoms with Crippen molar-refractivity contribution in [2.75, 3.05) is 0 Å². The van der Waals surface area contributed by atoms with Crippen molar-refractivity contribution in [2.45, 2.75) is 58.6 Å². The third-order valence-corrected chi connectivity index (χ3v) is 2.96. The van der Waals surface area contributed by atoms with Gasteiger partial charge in [0.2, 0.25) is 0 Å². The summed E-state index contributed by atoms with van der Waals surface area (Å²) in [6, 6.07) is -0.0974. The molecule has 1 rings (SSSR count). The van der Waals surface area contributed by atoms with Crippen LogP contribution in [0.5, 0.6) is 0 Å². The summed E-state index contributed by atoms with van der Waals surface area (Å²) in [6.07, 6.45) is 3.15. The number of hydrogen-bond acceptors (Lipinski definition) is 3. The Balaban J connectivity index is 2.54. The lowest BCUT2D eigenvalue weighted by Crippen LogP contribution is -2.45. The predicted molar refractivity (Wildman–Crippen MR) is 61.2 cm³/mol. The number of hydrogen-bond donors (Lipinski definition) is 1. The van der Waals surface area contributed by atoms with Gasteiger partial charge in [0.25, 0.3) is 0 Å². The molecule has 1 aliphatic rings. The van der Waals surface area contributed by atoms with Gasteiger partial charge in [0, 0.05) is 11.5 Å². The summed E-state index contributed by atoms with van der Waals surface area (Å²) in [6.45, 7) is 7.34. The maximum atomic E-state index is 11.6. The fraction of sp³-hybridized carbons (Fsp3) is 0.833. The Morgan fingerprint density at radius 2 is 2.12 bits per heavy atom. The summed E-state index contributed by atoms with van der Waals surface area (Å²) in [4.78, 5) is 22.6. The minimum Gasteiger partial charge on any atom is -0.444 e. The van der Waals surface area contributed by atoms with E-state index in [-0.39, 0.29) is 6.04 Å². The van der Waals surface area contributed by atoms with Crippen LogP contribution in [0.4, 0.5) is 4.79 Å². The van der Waals surface area contributed by atoms with Gasteiger partial charge in [-0.25, -0.2) is 4.79 Å². The molecular weight excluding hydrogens is 206 g/mol. The molecule has 1 amide bonds. The monoisotopic (exact) mass is 227 g/mol. The molecule has 16 heavy (non-hydrogen) atoms. The van der Waals surface area contributed by atoms with E-state index >= 15 is 0 Å². The van der Waals surface area contributed by atoms with E-state index in [0.717, 1.165) is 25.5 Å². The SMILES string of the molecule is CC(C)(C)OC(=O)N[C@@H]1CCC[C@]1(C)C=O. The van der Waals surface area contributed by atoms with Crippen LogP contribution in [0.3, 0.4) is 0 Å². The number of nitrogens with one attached hydrogen (secondary N) is 1. The average molecular weight is 227 g/mol. The van der Waals surface area contributed by atoms with Crippen LogP contribution < -0.4 is 5.32 Å². The minimum absolute atomic E-state index is 0.0974. The molecule has 4 heteroatoms. The van der Waals surface area contributed by atoms with Crippen LogP contribution in [0.2, 0.25) is 0 Å². The topological polar surface area (TPSA) is 55.4 Å². The van der Waals surface area contributed by atoms with Gasteiger partial charge >= 0.3 is 6.09 Å². The Labute approximate surface area is 96.7 Å². The molecule has 0 bridgehead atoms. The van der Waals surface area contributed by atoms with Crippen molar-refractivity contribution in [2.24, 2.45) is 5.41 Å². The smallest absolute Gasteiger partial charge is 0.407 e. The molecule has 0 spiro atoms. The summed E-state index contributed by atoms with van der Waals surface area (Å²) >= 11 is 0. The lowest BCUT2D eigenvalue weighted by molar-refractivity contribution is -0.116. The molecule has 1 N–H and O–H groups in total. The first-order chi connectivity index (χ1) is 7.27. The molecule has 0 aromatic heterocycles. The molecule has 92 valence electrons. The number of carbonyl (C=O) groups excluding carboxylic acids is 2. The zero-order valence-corrected chi connectivity index (χ0v) is 10.5. The quantitative estimate of drug-likeness (QED) is 0.736. The second kappa shape index (κ2) is 4.44. The van der Waals surface area contributed by atoms with Crippen molar-refractivity contribution in [3.05, 3.63) is 0 Å². The normalized spacial score (nSPS) is 29.9. The number of amides is 1. The van der Waals surface area contributed by atoms with Gasteiger partial charge in [0.05, 0.1) is 0 Å². The van der Waals surface area contributed by atoms with E-state index in [2.05, 4.69) is 5.32 Å². The summed E-state index contributed by atoms with van der Waals surface area (Å²) in [5.74, 6) is 0. The molecule has 1 aliphatic carbocycles. The highest BCUT2D eigenvalue weighted by atomic mass is 16.6. The Kier molecular flexibility index (Phi) is 3.61. The fourth-order valence-electron chi connectivity index (χ4n) is 2.02. The van der Waals surface area contributed by atoms with Crippen LogP contribution in [-0.2, 0) is 9.53 Å². The first-order valence-corrected chi connectivity index (χ1v) is 5.73. The number of rotatable bonds is 2. The van der Waals surface area contributed by atoms with Gasteiger partial charge in [-0.15, -0.1) is 0 Å². The molecule has 2 atom stereocenters. The Bertz CT molecular complexity index is 282. The molecule has 0 aromatic rings. The van der Waals surface area contributed by atoms with Gasteiger partial charge < -0.3 is 14.8 Å². The van der Waals surface area contributed by atoms with Gasteiger partial charge in [-0.3, -0.25) is 0 Å². The molecule has 0 heterocycles.